The van der Waals surface area contributed by atoms with Crippen molar-refractivity contribution in [3.63, 3.8) is 0 Å². The number of unbranched alkanes of at least 4 members (excludes halogenated alkanes) is 37. The fourth-order valence-corrected chi connectivity index (χ4v) is 10.1. The van der Waals surface area contributed by atoms with Gasteiger partial charge in [-0.05, 0) is 96.3 Å². The second-order valence-electron chi connectivity index (χ2n) is 23.4. The lowest BCUT2D eigenvalue weighted by Gasteiger charge is -2.18. The van der Waals surface area contributed by atoms with Crippen LogP contribution in [0.5, 0.6) is 0 Å². The summed E-state index contributed by atoms with van der Waals surface area (Å²) in [6.45, 7) is 6.49. The van der Waals surface area contributed by atoms with Gasteiger partial charge in [-0.1, -0.05) is 330 Å². The van der Waals surface area contributed by atoms with E-state index in [1.54, 1.807) is 0 Å². The van der Waals surface area contributed by atoms with Gasteiger partial charge < -0.3 is 14.2 Å². The second-order valence-corrected chi connectivity index (χ2v) is 23.4. The van der Waals surface area contributed by atoms with Gasteiger partial charge in [-0.25, -0.2) is 0 Å². The Morgan fingerprint density at radius 2 is 0.488 bits per heavy atom. The number of carbonyl (C=O) groups excluding carboxylic acids is 3. The second kappa shape index (κ2) is 69.8. The van der Waals surface area contributed by atoms with Crippen molar-refractivity contribution in [2.24, 2.45) is 0 Å². The fourth-order valence-electron chi connectivity index (χ4n) is 10.1. The number of rotatable bonds is 64. The molecule has 472 valence electrons. The minimum Gasteiger partial charge on any atom is -0.462 e. The van der Waals surface area contributed by atoms with E-state index >= 15 is 0 Å². The van der Waals surface area contributed by atoms with Crippen LogP contribution in [-0.4, -0.2) is 37.2 Å². The van der Waals surface area contributed by atoms with Gasteiger partial charge in [-0.2, -0.15) is 0 Å². The Hall–Kier alpha value is -3.67. The molecule has 0 amide bonds. The van der Waals surface area contributed by atoms with Gasteiger partial charge in [0.2, 0.25) is 0 Å². The molecule has 0 aliphatic carbocycles. The van der Waals surface area contributed by atoms with Gasteiger partial charge in [-0.15, -0.1) is 0 Å². The monoisotopic (exact) mass is 1140 g/mol. The van der Waals surface area contributed by atoms with Gasteiger partial charge in [0.15, 0.2) is 6.10 Å². The Kier molecular flexibility index (Phi) is 66.7. The van der Waals surface area contributed by atoms with Crippen LogP contribution in [0.25, 0.3) is 0 Å². The third-order valence-corrected chi connectivity index (χ3v) is 15.3. The molecular weight excluding hydrogens is 1010 g/mol. The smallest absolute Gasteiger partial charge is 0.306 e. The molecule has 0 spiro atoms. The molecule has 0 aliphatic heterocycles. The SMILES string of the molecule is CC/C=C\C/C=C\C/C=C\C/C=C\C/C=C\CCCC(=O)OCC(COC(=O)CCCCCCCCCCCCCCCCCCCCCCCCCCCCCC)OC(=O)CCCCCCCC/C=C\C/C=C\C/C=C\CCCCC. The van der Waals surface area contributed by atoms with E-state index in [2.05, 4.69) is 118 Å². The maximum absolute atomic E-state index is 12.9. The Morgan fingerprint density at radius 3 is 0.817 bits per heavy atom. The summed E-state index contributed by atoms with van der Waals surface area (Å²) < 4.78 is 16.9. The topological polar surface area (TPSA) is 78.9 Å². The van der Waals surface area contributed by atoms with Gasteiger partial charge in [0.05, 0.1) is 0 Å². The van der Waals surface area contributed by atoms with E-state index in [-0.39, 0.29) is 37.5 Å². The lowest BCUT2D eigenvalue weighted by atomic mass is 10.0. The van der Waals surface area contributed by atoms with Crippen molar-refractivity contribution >= 4 is 17.9 Å². The largest absolute Gasteiger partial charge is 0.462 e. The van der Waals surface area contributed by atoms with Crippen LogP contribution in [0.4, 0.5) is 0 Å². The summed E-state index contributed by atoms with van der Waals surface area (Å²) >= 11 is 0. The van der Waals surface area contributed by atoms with Gasteiger partial charge in [0, 0.05) is 19.3 Å². The highest BCUT2D eigenvalue weighted by Gasteiger charge is 2.19. The number of allylic oxidation sites excluding steroid dienone is 16. The van der Waals surface area contributed by atoms with Crippen molar-refractivity contribution in [1.82, 2.24) is 0 Å². The zero-order chi connectivity index (χ0) is 59.2. The number of carbonyl (C=O) groups is 3. The lowest BCUT2D eigenvalue weighted by molar-refractivity contribution is -0.167. The number of hydrogen-bond donors (Lipinski definition) is 0. The molecule has 82 heavy (non-hydrogen) atoms. The van der Waals surface area contributed by atoms with Crippen LogP contribution in [-0.2, 0) is 28.6 Å². The van der Waals surface area contributed by atoms with Gasteiger partial charge in [0.1, 0.15) is 13.2 Å². The standard InChI is InChI=1S/C76H132O6/c1-4-7-10-13-16-19-22-25-28-31-33-34-35-36-37-38-39-40-41-43-45-48-51-54-57-60-63-66-69-75(78)81-72-73(71-80-74(77)68-65-62-59-56-53-50-47-44-30-27-24-21-18-15-12-9-6-3)82-76(79)70-67-64-61-58-55-52-49-46-42-32-29-26-23-20-17-14-11-8-5-2/h9,12,17-18,20-21,26-27,29-30,42,46-47,50,56,59,73H,4-8,10-11,13-16,19,22-25,28,31-41,43-45,48-49,51-55,57-58,60-72H2,1-3H3/b12-9-,20-17-,21-18-,29-26-,30-27-,46-42-,50-47-,59-56-. The molecule has 0 saturated heterocycles. The van der Waals surface area contributed by atoms with Crippen LogP contribution in [0.15, 0.2) is 97.2 Å². The van der Waals surface area contributed by atoms with E-state index in [1.807, 2.05) is 0 Å². The maximum Gasteiger partial charge on any atom is 0.306 e. The molecule has 0 rings (SSSR count). The first-order chi connectivity index (χ1) is 40.5. The highest BCUT2D eigenvalue weighted by molar-refractivity contribution is 5.71. The van der Waals surface area contributed by atoms with E-state index in [0.29, 0.717) is 19.3 Å². The molecule has 0 bridgehead atoms. The number of esters is 3. The van der Waals surface area contributed by atoms with Crippen LogP contribution >= 0.6 is 0 Å². The molecule has 6 nitrogen and oxygen atoms in total. The Balaban J connectivity index is 4.34. The Morgan fingerprint density at radius 1 is 0.256 bits per heavy atom. The minimum atomic E-state index is -0.810. The van der Waals surface area contributed by atoms with Crippen LogP contribution < -0.4 is 0 Å². The molecule has 0 aliphatic rings. The zero-order valence-corrected chi connectivity index (χ0v) is 54.2. The molecule has 0 heterocycles. The first-order valence-corrected chi connectivity index (χ1v) is 35.2. The van der Waals surface area contributed by atoms with Gasteiger partial charge in [0.25, 0.3) is 0 Å². The number of hydrogen-bond acceptors (Lipinski definition) is 6. The van der Waals surface area contributed by atoms with Crippen LogP contribution in [0.2, 0.25) is 0 Å². The van der Waals surface area contributed by atoms with E-state index in [9.17, 15) is 14.4 Å². The van der Waals surface area contributed by atoms with Crippen LogP contribution in [0.3, 0.4) is 0 Å². The highest BCUT2D eigenvalue weighted by Crippen LogP contribution is 2.18. The molecule has 6 heteroatoms. The summed E-state index contributed by atoms with van der Waals surface area (Å²) in [5.74, 6) is -0.958. The van der Waals surface area contributed by atoms with Gasteiger partial charge in [-0.3, -0.25) is 14.4 Å². The third kappa shape index (κ3) is 67.1. The zero-order valence-electron chi connectivity index (χ0n) is 54.2. The molecule has 0 radical (unpaired) electrons. The number of ether oxygens (including phenoxy) is 3. The molecule has 0 fully saturated rings. The molecule has 0 aromatic carbocycles. The van der Waals surface area contributed by atoms with E-state index in [0.717, 1.165) is 103 Å². The molecule has 1 unspecified atom stereocenters. The summed E-state index contributed by atoms with van der Waals surface area (Å²) in [6.07, 6.45) is 94.5. The quantitative estimate of drug-likeness (QED) is 0.0261. The minimum absolute atomic E-state index is 0.0985. The molecule has 1 atom stereocenters. The summed E-state index contributed by atoms with van der Waals surface area (Å²) in [5, 5.41) is 0. The average molecular weight is 1140 g/mol. The predicted octanol–water partition coefficient (Wildman–Crippen LogP) is 24.4. The lowest BCUT2D eigenvalue weighted by Crippen LogP contribution is -2.30. The Labute approximate surface area is 508 Å². The summed E-state index contributed by atoms with van der Waals surface area (Å²) in [6, 6.07) is 0. The highest BCUT2D eigenvalue weighted by atomic mass is 16.6. The predicted molar refractivity (Wildman–Crippen MR) is 357 cm³/mol. The van der Waals surface area contributed by atoms with Crippen molar-refractivity contribution in [2.75, 3.05) is 13.2 Å². The normalized spacial score (nSPS) is 12.7. The van der Waals surface area contributed by atoms with E-state index < -0.39 is 6.10 Å². The molecule has 0 N–H and O–H groups in total. The first-order valence-electron chi connectivity index (χ1n) is 35.2. The summed E-state index contributed by atoms with van der Waals surface area (Å²) in [4.78, 5) is 38.4. The van der Waals surface area contributed by atoms with Crippen molar-refractivity contribution in [3.05, 3.63) is 97.2 Å². The first kappa shape index (κ1) is 78.3. The van der Waals surface area contributed by atoms with Crippen molar-refractivity contribution in [1.29, 1.82) is 0 Å². The third-order valence-electron chi connectivity index (χ3n) is 15.3. The van der Waals surface area contributed by atoms with E-state index in [1.165, 1.54) is 199 Å². The molecule has 0 saturated carbocycles. The van der Waals surface area contributed by atoms with Crippen LogP contribution in [0.1, 0.15) is 348 Å². The molecule has 0 aromatic heterocycles. The molecular formula is C76H132O6. The summed E-state index contributed by atoms with van der Waals surface area (Å²) in [7, 11) is 0. The van der Waals surface area contributed by atoms with E-state index in [4.69, 9.17) is 14.2 Å². The average Bonchev–Trinajstić information content (AvgIpc) is 3.47. The van der Waals surface area contributed by atoms with Crippen LogP contribution in [0, 0.1) is 0 Å². The van der Waals surface area contributed by atoms with Crippen molar-refractivity contribution in [2.45, 2.75) is 354 Å². The fraction of sp³-hybridized carbons (Fsp3) is 0.750. The molecule has 0 aromatic rings. The Bertz CT molecular complexity index is 1590. The van der Waals surface area contributed by atoms with Gasteiger partial charge >= 0.3 is 17.9 Å². The van der Waals surface area contributed by atoms with Crippen molar-refractivity contribution in [3.8, 4) is 0 Å². The van der Waals surface area contributed by atoms with Crippen molar-refractivity contribution < 1.29 is 28.6 Å². The maximum atomic E-state index is 12.9. The summed E-state index contributed by atoms with van der Waals surface area (Å²) in [5.41, 5.74) is 0.